The molecule has 1 heterocycles. The maximum absolute atomic E-state index is 11.5. The molecule has 4 N–H and O–H groups in total. The van der Waals surface area contributed by atoms with E-state index in [1.807, 2.05) is 20.0 Å². The summed E-state index contributed by atoms with van der Waals surface area (Å²) in [7, 11) is 2.02. The summed E-state index contributed by atoms with van der Waals surface area (Å²) in [4.78, 5) is 16.1. The Morgan fingerprint density at radius 3 is 3.09 bits per heavy atom. The van der Waals surface area contributed by atoms with Gasteiger partial charge in [0.05, 0.1) is 0 Å². The second-order valence-corrected chi connectivity index (χ2v) is 6.90. The van der Waals surface area contributed by atoms with Crippen molar-refractivity contribution >= 4 is 28.9 Å². The molecule has 0 radical (unpaired) electrons. The number of hydrogen-bond acceptors (Lipinski definition) is 3. The van der Waals surface area contributed by atoms with Gasteiger partial charge in [-0.3, -0.25) is 4.72 Å². The molecule has 0 aliphatic heterocycles. The number of fused-ring (bicyclic) bond motifs is 3. The minimum absolute atomic E-state index is 0.150. The van der Waals surface area contributed by atoms with Gasteiger partial charge in [-0.15, -0.1) is 0 Å². The maximum Gasteiger partial charge on any atom is 0.325 e. The minimum atomic E-state index is -0.150. The van der Waals surface area contributed by atoms with E-state index in [4.69, 9.17) is 0 Å². The zero-order valence-corrected chi connectivity index (χ0v) is 14.5. The van der Waals surface area contributed by atoms with Crippen LogP contribution in [-0.2, 0) is 12.8 Å². The Kier molecular flexibility index (Phi) is 5.13. The van der Waals surface area contributed by atoms with Crippen molar-refractivity contribution in [3.05, 3.63) is 29.5 Å². The number of aromatic amines is 1. The molecule has 0 bridgehead atoms. The van der Waals surface area contributed by atoms with E-state index in [0.29, 0.717) is 12.5 Å². The highest BCUT2D eigenvalue weighted by molar-refractivity contribution is 7.98. The Hall–Kier alpha value is -1.66. The molecule has 2 amide bonds. The molecule has 1 aromatic heterocycles. The molecule has 0 spiro atoms. The average Bonchev–Trinajstić information content (AvgIpc) is 2.91. The van der Waals surface area contributed by atoms with Crippen LogP contribution in [0.15, 0.2) is 23.1 Å². The number of H-pyrrole nitrogens is 1. The van der Waals surface area contributed by atoms with Crippen LogP contribution in [-0.4, -0.2) is 31.2 Å². The Balaban J connectivity index is 1.79. The number of rotatable bonds is 5. The number of carbonyl (C=O) groups is 1. The Morgan fingerprint density at radius 2 is 2.30 bits per heavy atom. The van der Waals surface area contributed by atoms with Crippen molar-refractivity contribution < 1.29 is 4.79 Å². The smallest absolute Gasteiger partial charge is 0.325 e. The highest BCUT2D eigenvalue weighted by Gasteiger charge is 2.22. The van der Waals surface area contributed by atoms with Crippen LogP contribution in [0.5, 0.6) is 0 Å². The lowest BCUT2D eigenvalue weighted by Gasteiger charge is -2.22. The van der Waals surface area contributed by atoms with Crippen LogP contribution in [0.25, 0.3) is 10.9 Å². The first kappa shape index (κ1) is 16.2. The summed E-state index contributed by atoms with van der Waals surface area (Å²) < 4.78 is 2.81. The van der Waals surface area contributed by atoms with Gasteiger partial charge in [0, 0.05) is 28.0 Å². The van der Waals surface area contributed by atoms with E-state index in [9.17, 15) is 4.79 Å². The molecule has 2 aromatic rings. The molecule has 0 saturated carbocycles. The van der Waals surface area contributed by atoms with Crippen molar-refractivity contribution in [1.82, 2.24) is 20.3 Å². The summed E-state index contributed by atoms with van der Waals surface area (Å²) in [5.41, 5.74) is 4.03. The van der Waals surface area contributed by atoms with Crippen molar-refractivity contribution in [3.63, 3.8) is 0 Å². The summed E-state index contributed by atoms with van der Waals surface area (Å²) in [5.74, 6) is 0.705. The van der Waals surface area contributed by atoms with E-state index in [2.05, 4.69) is 32.5 Å². The normalized spacial score (nSPS) is 17.0. The molecule has 1 atom stereocenters. The lowest BCUT2D eigenvalue weighted by Crippen LogP contribution is -2.30. The summed E-state index contributed by atoms with van der Waals surface area (Å²) in [6.45, 7) is 3.60. The molecular formula is C17H24N4OS. The second-order valence-electron chi connectivity index (χ2n) is 6.02. The number of hydrogen-bond donors (Lipinski definition) is 4. The van der Waals surface area contributed by atoms with E-state index >= 15 is 0 Å². The molecule has 1 aliphatic carbocycles. The Labute approximate surface area is 141 Å². The molecule has 3 rings (SSSR count). The molecule has 1 aliphatic rings. The number of nitrogens with one attached hydrogen (secondary N) is 4. The molecule has 23 heavy (non-hydrogen) atoms. The standard InChI is InChI=1S/C17H24N4OS/c1-3-19-17(22)21-23-12-5-7-16-14(9-12)13-8-11(10-18-2)4-6-15(13)20-16/h5,7,9,11,18,20H,3-4,6,8,10H2,1-2H3,(H2,19,21,22). The van der Waals surface area contributed by atoms with Crippen molar-refractivity contribution in [2.45, 2.75) is 31.1 Å². The lowest BCUT2D eigenvalue weighted by atomic mass is 9.86. The predicted octanol–water partition coefficient (Wildman–Crippen LogP) is 2.82. The number of aromatic nitrogens is 1. The Morgan fingerprint density at radius 1 is 1.43 bits per heavy atom. The first-order chi connectivity index (χ1) is 11.2. The van der Waals surface area contributed by atoms with Crippen LogP contribution in [0.3, 0.4) is 0 Å². The number of amides is 2. The molecular weight excluding hydrogens is 308 g/mol. The van der Waals surface area contributed by atoms with Crippen LogP contribution >= 0.6 is 11.9 Å². The first-order valence-electron chi connectivity index (χ1n) is 8.20. The van der Waals surface area contributed by atoms with Crippen LogP contribution < -0.4 is 15.4 Å². The number of urea groups is 1. The molecule has 124 valence electrons. The SMILES string of the molecule is CCNC(=O)NSc1ccc2[nH]c3c(c2c1)CC(CNC)CC3. The van der Waals surface area contributed by atoms with Gasteiger partial charge in [0.25, 0.3) is 0 Å². The number of aryl methyl sites for hydroxylation is 1. The fourth-order valence-electron chi connectivity index (χ4n) is 3.30. The topological polar surface area (TPSA) is 69.0 Å². The van der Waals surface area contributed by atoms with Crippen LogP contribution in [0.2, 0.25) is 0 Å². The molecule has 5 nitrogen and oxygen atoms in total. The third-order valence-corrected chi connectivity index (χ3v) is 5.13. The van der Waals surface area contributed by atoms with Gasteiger partial charge >= 0.3 is 6.03 Å². The molecule has 1 aromatic carbocycles. The van der Waals surface area contributed by atoms with Crippen molar-refractivity contribution in [3.8, 4) is 0 Å². The van der Waals surface area contributed by atoms with E-state index in [1.54, 1.807) is 0 Å². The van der Waals surface area contributed by atoms with Crippen LogP contribution in [0.4, 0.5) is 4.79 Å². The van der Waals surface area contributed by atoms with E-state index in [-0.39, 0.29) is 6.03 Å². The van der Waals surface area contributed by atoms with Crippen molar-refractivity contribution in [1.29, 1.82) is 0 Å². The van der Waals surface area contributed by atoms with Gasteiger partial charge < -0.3 is 15.6 Å². The highest BCUT2D eigenvalue weighted by atomic mass is 32.2. The number of benzene rings is 1. The van der Waals surface area contributed by atoms with E-state index in [0.717, 1.165) is 24.3 Å². The van der Waals surface area contributed by atoms with Gasteiger partial charge in [-0.2, -0.15) is 0 Å². The monoisotopic (exact) mass is 332 g/mol. The van der Waals surface area contributed by atoms with Gasteiger partial charge in [-0.25, -0.2) is 4.79 Å². The molecule has 0 saturated heterocycles. The zero-order chi connectivity index (χ0) is 16.2. The third kappa shape index (κ3) is 3.64. The van der Waals surface area contributed by atoms with Gasteiger partial charge in [0.15, 0.2) is 0 Å². The fourth-order valence-corrected chi connectivity index (χ4v) is 3.89. The maximum atomic E-state index is 11.5. The minimum Gasteiger partial charge on any atom is -0.358 e. The van der Waals surface area contributed by atoms with Crippen LogP contribution in [0, 0.1) is 5.92 Å². The molecule has 6 heteroatoms. The summed E-state index contributed by atoms with van der Waals surface area (Å²) in [6, 6.07) is 6.20. The van der Waals surface area contributed by atoms with Gasteiger partial charge in [0.2, 0.25) is 0 Å². The molecule has 1 unspecified atom stereocenters. The molecule has 0 fully saturated rings. The second kappa shape index (κ2) is 7.27. The Bertz CT molecular complexity index is 697. The fraction of sp³-hybridized carbons (Fsp3) is 0.471. The van der Waals surface area contributed by atoms with Gasteiger partial charge in [-0.05, 0) is 81.4 Å². The van der Waals surface area contributed by atoms with E-state index in [1.165, 1.54) is 40.5 Å². The quantitative estimate of drug-likeness (QED) is 0.637. The predicted molar refractivity (Wildman–Crippen MR) is 95.8 cm³/mol. The first-order valence-corrected chi connectivity index (χ1v) is 9.01. The zero-order valence-electron chi connectivity index (χ0n) is 13.7. The van der Waals surface area contributed by atoms with Crippen molar-refractivity contribution in [2.75, 3.05) is 20.1 Å². The number of carbonyl (C=O) groups excluding carboxylic acids is 1. The van der Waals surface area contributed by atoms with Crippen LogP contribution in [0.1, 0.15) is 24.6 Å². The highest BCUT2D eigenvalue weighted by Crippen LogP contribution is 2.33. The van der Waals surface area contributed by atoms with Crippen molar-refractivity contribution in [2.24, 2.45) is 5.92 Å². The summed E-state index contributed by atoms with van der Waals surface area (Å²) >= 11 is 1.36. The lowest BCUT2D eigenvalue weighted by molar-refractivity contribution is 0.247. The largest absolute Gasteiger partial charge is 0.358 e. The van der Waals surface area contributed by atoms with E-state index < -0.39 is 0 Å². The summed E-state index contributed by atoms with van der Waals surface area (Å²) in [5, 5.41) is 7.32. The summed E-state index contributed by atoms with van der Waals surface area (Å²) in [6.07, 6.45) is 3.48. The third-order valence-electron chi connectivity index (χ3n) is 4.35. The van der Waals surface area contributed by atoms with Gasteiger partial charge in [-0.1, -0.05) is 0 Å². The average molecular weight is 332 g/mol. The van der Waals surface area contributed by atoms with Gasteiger partial charge in [0.1, 0.15) is 0 Å².